The summed E-state index contributed by atoms with van der Waals surface area (Å²) < 4.78 is 0. The summed E-state index contributed by atoms with van der Waals surface area (Å²) in [7, 11) is 0. The van der Waals surface area contributed by atoms with Crippen LogP contribution < -0.4 is 0 Å². The second-order valence-electron chi connectivity index (χ2n) is 5.67. The fourth-order valence-corrected chi connectivity index (χ4v) is 2.91. The van der Waals surface area contributed by atoms with Crippen LogP contribution in [0.3, 0.4) is 0 Å². The Morgan fingerprint density at radius 2 is 1.32 bits per heavy atom. The van der Waals surface area contributed by atoms with Crippen molar-refractivity contribution in [1.29, 1.82) is 0 Å². The van der Waals surface area contributed by atoms with Crippen molar-refractivity contribution in [2.75, 3.05) is 13.1 Å². The molecule has 1 aliphatic rings. The first-order valence-corrected chi connectivity index (χ1v) is 7.96. The van der Waals surface area contributed by atoms with Gasteiger partial charge in [0.2, 0.25) is 0 Å². The number of piperidine rings is 1. The Bertz CT molecular complexity index is 640. The number of benzene rings is 2. The summed E-state index contributed by atoms with van der Waals surface area (Å²) >= 11 is 0. The van der Waals surface area contributed by atoms with Crippen molar-refractivity contribution < 1.29 is 4.79 Å². The van der Waals surface area contributed by atoms with Crippen molar-refractivity contribution in [1.82, 2.24) is 4.90 Å². The second kappa shape index (κ2) is 7.08. The van der Waals surface area contributed by atoms with Gasteiger partial charge in [-0.15, -0.1) is 0 Å². The van der Waals surface area contributed by atoms with E-state index in [1.807, 2.05) is 48.5 Å². The molecule has 22 heavy (non-hydrogen) atoms. The molecule has 2 heteroatoms. The van der Waals surface area contributed by atoms with E-state index in [0.717, 1.165) is 29.9 Å². The van der Waals surface area contributed by atoms with Crippen LogP contribution >= 0.6 is 0 Å². The fourth-order valence-electron chi connectivity index (χ4n) is 2.91. The number of rotatable bonds is 4. The molecule has 1 saturated heterocycles. The van der Waals surface area contributed by atoms with Crippen LogP contribution in [0.15, 0.2) is 66.7 Å². The minimum absolute atomic E-state index is 0.0741. The molecule has 3 rings (SSSR count). The Hall–Kier alpha value is -2.35. The molecule has 0 saturated carbocycles. The highest BCUT2D eigenvalue weighted by molar-refractivity contribution is 6.08. The van der Waals surface area contributed by atoms with Crippen LogP contribution in [-0.4, -0.2) is 23.8 Å². The van der Waals surface area contributed by atoms with Crippen LogP contribution in [0, 0.1) is 0 Å². The maximum Gasteiger partial charge on any atom is 0.187 e. The second-order valence-corrected chi connectivity index (χ2v) is 5.67. The lowest BCUT2D eigenvalue weighted by atomic mass is 10.0. The largest absolute Gasteiger partial charge is 0.371 e. The number of likely N-dealkylation sites (tertiary alicyclic amines) is 1. The zero-order valence-electron chi connectivity index (χ0n) is 12.7. The first kappa shape index (κ1) is 14.6. The molecule has 1 heterocycles. The van der Waals surface area contributed by atoms with Gasteiger partial charge in [0.25, 0.3) is 0 Å². The molecule has 0 spiro atoms. The Morgan fingerprint density at radius 3 is 1.91 bits per heavy atom. The SMILES string of the molecule is O=C(/C=C(\c1ccccc1)N1CCCCC1)c1ccccc1. The maximum absolute atomic E-state index is 12.6. The molecule has 2 aromatic rings. The van der Waals surface area contributed by atoms with Crippen molar-refractivity contribution in [3.05, 3.63) is 77.9 Å². The van der Waals surface area contributed by atoms with Crippen LogP contribution in [0.1, 0.15) is 35.2 Å². The van der Waals surface area contributed by atoms with Gasteiger partial charge in [-0.3, -0.25) is 4.79 Å². The Kier molecular flexibility index (Phi) is 4.69. The van der Waals surface area contributed by atoms with Crippen molar-refractivity contribution in [3.63, 3.8) is 0 Å². The van der Waals surface area contributed by atoms with E-state index in [0.29, 0.717) is 0 Å². The summed E-state index contributed by atoms with van der Waals surface area (Å²) in [6.07, 6.45) is 5.48. The third-order valence-electron chi connectivity index (χ3n) is 4.09. The minimum Gasteiger partial charge on any atom is -0.371 e. The van der Waals surface area contributed by atoms with Gasteiger partial charge >= 0.3 is 0 Å². The molecule has 0 N–H and O–H groups in total. The predicted molar refractivity (Wildman–Crippen MR) is 90.6 cm³/mol. The van der Waals surface area contributed by atoms with E-state index >= 15 is 0 Å². The number of carbonyl (C=O) groups is 1. The van der Waals surface area contributed by atoms with Gasteiger partial charge in [-0.1, -0.05) is 60.7 Å². The zero-order chi connectivity index (χ0) is 15.2. The average molecular weight is 291 g/mol. The van der Waals surface area contributed by atoms with Gasteiger partial charge in [0.15, 0.2) is 5.78 Å². The number of nitrogens with zero attached hydrogens (tertiary/aromatic N) is 1. The molecule has 2 nitrogen and oxygen atoms in total. The van der Waals surface area contributed by atoms with Crippen LogP contribution in [0.4, 0.5) is 0 Å². The van der Waals surface area contributed by atoms with Gasteiger partial charge in [0, 0.05) is 30.4 Å². The highest BCUT2D eigenvalue weighted by atomic mass is 16.1. The molecule has 0 radical (unpaired) electrons. The van der Waals surface area contributed by atoms with Gasteiger partial charge in [0.05, 0.1) is 0 Å². The monoisotopic (exact) mass is 291 g/mol. The maximum atomic E-state index is 12.6. The molecule has 0 bridgehead atoms. The van der Waals surface area contributed by atoms with E-state index in [4.69, 9.17) is 0 Å². The molecule has 1 aliphatic heterocycles. The molecule has 0 atom stereocenters. The first-order chi connectivity index (χ1) is 10.8. The highest BCUT2D eigenvalue weighted by Crippen LogP contribution is 2.24. The molecule has 2 aromatic carbocycles. The fraction of sp³-hybridized carbons (Fsp3) is 0.250. The quantitative estimate of drug-likeness (QED) is 0.615. The molecule has 0 aliphatic carbocycles. The third-order valence-corrected chi connectivity index (χ3v) is 4.09. The molecule has 0 aromatic heterocycles. The van der Waals surface area contributed by atoms with Crippen LogP contribution in [0.2, 0.25) is 0 Å². The lowest BCUT2D eigenvalue weighted by Gasteiger charge is -2.31. The van der Waals surface area contributed by atoms with E-state index in [1.165, 1.54) is 19.3 Å². The molecule has 112 valence electrons. The van der Waals surface area contributed by atoms with E-state index in [2.05, 4.69) is 17.0 Å². The van der Waals surface area contributed by atoms with Crippen molar-refractivity contribution in [3.8, 4) is 0 Å². The number of ketones is 1. The summed E-state index contributed by atoms with van der Waals surface area (Å²) in [5.41, 5.74) is 2.91. The van der Waals surface area contributed by atoms with E-state index < -0.39 is 0 Å². The van der Waals surface area contributed by atoms with E-state index in [9.17, 15) is 4.79 Å². The Balaban J connectivity index is 1.94. The van der Waals surface area contributed by atoms with Crippen LogP contribution in [-0.2, 0) is 0 Å². The Labute approximate surface area is 132 Å². The molecular formula is C20H21NO. The topological polar surface area (TPSA) is 20.3 Å². The lowest BCUT2D eigenvalue weighted by Crippen LogP contribution is -2.28. The minimum atomic E-state index is 0.0741. The van der Waals surface area contributed by atoms with Crippen LogP contribution in [0.5, 0.6) is 0 Å². The summed E-state index contributed by atoms with van der Waals surface area (Å²) in [6.45, 7) is 2.06. The summed E-state index contributed by atoms with van der Waals surface area (Å²) in [5.74, 6) is 0.0741. The van der Waals surface area contributed by atoms with E-state index in [-0.39, 0.29) is 5.78 Å². The summed E-state index contributed by atoms with van der Waals surface area (Å²) in [6, 6.07) is 19.7. The standard InChI is InChI=1S/C20H21NO/c22-20(18-12-6-2-7-13-18)16-19(17-10-4-1-5-11-17)21-14-8-3-9-15-21/h1-2,4-7,10-13,16H,3,8-9,14-15H2/b19-16+. The van der Waals surface area contributed by atoms with Crippen LogP contribution in [0.25, 0.3) is 5.70 Å². The first-order valence-electron chi connectivity index (χ1n) is 7.96. The molecule has 0 amide bonds. The molecule has 0 unspecified atom stereocenters. The number of allylic oxidation sites excluding steroid dienone is 1. The number of hydrogen-bond donors (Lipinski definition) is 0. The number of carbonyl (C=O) groups excluding carboxylic acids is 1. The average Bonchev–Trinajstić information content (AvgIpc) is 2.62. The van der Waals surface area contributed by atoms with Crippen molar-refractivity contribution >= 4 is 11.5 Å². The Morgan fingerprint density at radius 1 is 0.773 bits per heavy atom. The summed E-state index contributed by atoms with van der Waals surface area (Å²) in [5, 5.41) is 0. The highest BCUT2D eigenvalue weighted by Gasteiger charge is 2.16. The normalized spacial score (nSPS) is 15.6. The summed E-state index contributed by atoms with van der Waals surface area (Å²) in [4.78, 5) is 14.9. The van der Waals surface area contributed by atoms with Gasteiger partial charge < -0.3 is 4.90 Å². The number of hydrogen-bond acceptors (Lipinski definition) is 2. The molecular weight excluding hydrogens is 270 g/mol. The smallest absolute Gasteiger partial charge is 0.187 e. The van der Waals surface area contributed by atoms with Gasteiger partial charge in [-0.25, -0.2) is 0 Å². The predicted octanol–water partition coefficient (Wildman–Crippen LogP) is 4.40. The van der Waals surface area contributed by atoms with E-state index in [1.54, 1.807) is 6.08 Å². The zero-order valence-corrected chi connectivity index (χ0v) is 12.7. The van der Waals surface area contributed by atoms with Gasteiger partial charge in [0.1, 0.15) is 0 Å². The van der Waals surface area contributed by atoms with Crippen molar-refractivity contribution in [2.45, 2.75) is 19.3 Å². The van der Waals surface area contributed by atoms with Gasteiger partial charge in [-0.05, 0) is 24.8 Å². The third kappa shape index (κ3) is 3.45. The molecule has 1 fully saturated rings. The van der Waals surface area contributed by atoms with Gasteiger partial charge in [-0.2, -0.15) is 0 Å². The van der Waals surface area contributed by atoms with Crippen molar-refractivity contribution in [2.24, 2.45) is 0 Å². The lowest BCUT2D eigenvalue weighted by molar-refractivity contribution is 0.104.